The zero-order valence-corrected chi connectivity index (χ0v) is 7.90. The van der Waals surface area contributed by atoms with E-state index >= 15 is 0 Å². The van der Waals surface area contributed by atoms with Crippen molar-refractivity contribution in [3.05, 3.63) is 42.1 Å². The van der Waals surface area contributed by atoms with Crippen molar-refractivity contribution in [1.82, 2.24) is 10.5 Å². The van der Waals surface area contributed by atoms with Gasteiger partial charge in [0.05, 0.1) is 0 Å². The largest absolute Gasteiger partial charge is 0.361 e. The van der Waals surface area contributed by atoms with E-state index in [4.69, 9.17) is 5.21 Å². The van der Waals surface area contributed by atoms with Crippen molar-refractivity contribution >= 4 is 22.9 Å². The zero-order chi connectivity index (χ0) is 10.7. The topological polar surface area (TPSA) is 65.1 Å². The fraction of sp³-hybridized carbons (Fsp3) is 0. The molecule has 1 aromatic heterocycles. The molecule has 2 rings (SSSR count). The van der Waals surface area contributed by atoms with Gasteiger partial charge in [0.2, 0.25) is 0 Å². The quantitative estimate of drug-likeness (QED) is 0.394. The normalized spacial score (nSPS) is 11.0. The predicted molar refractivity (Wildman–Crippen MR) is 57.3 cm³/mol. The van der Waals surface area contributed by atoms with Crippen LogP contribution in [0.1, 0.15) is 5.56 Å². The molecular formula is C11H10N2O2. The maximum atomic E-state index is 10.7. The number of H-pyrrole nitrogens is 1. The number of aromatic amines is 1. The number of aromatic nitrogens is 1. The van der Waals surface area contributed by atoms with Crippen LogP contribution in [0.5, 0.6) is 0 Å². The Bertz CT molecular complexity index is 514. The first-order valence-electron chi connectivity index (χ1n) is 4.49. The lowest BCUT2D eigenvalue weighted by Gasteiger charge is -1.94. The number of fused-ring (bicyclic) bond motifs is 1. The second kappa shape index (κ2) is 3.98. The van der Waals surface area contributed by atoms with Gasteiger partial charge in [-0.25, -0.2) is 5.48 Å². The molecule has 0 atom stereocenters. The second-order valence-electron chi connectivity index (χ2n) is 3.13. The third-order valence-corrected chi connectivity index (χ3v) is 2.11. The van der Waals surface area contributed by atoms with Gasteiger partial charge in [-0.05, 0) is 35.2 Å². The standard InChI is InChI=1S/C11H10N2O2/c14-11(13-15)4-2-8-1-3-10-9(7-8)5-6-12-10/h1-7,12,15H,(H,13,14)/b4-2+. The summed E-state index contributed by atoms with van der Waals surface area (Å²) in [6.07, 6.45) is 4.77. The van der Waals surface area contributed by atoms with Crippen LogP contribution < -0.4 is 5.48 Å². The first-order valence-corrected chi connectivity index (χ1v) is 4.49. The summed E-state index contributed by atoms with van der Waals surface area (Å²) in [5, 5.41) is 9.38. The van der Waals surface area contributed by atoms with Gasteiger partial charge in [-0.3, -0.25) is 10.0 Å². The lowest BCUT2D eigenvalue weighted by Crippen LogP contribution is -2.14. The average molecular weight is 202 g/mol. The molecule has 0 fully saturated rings. The van der Waals surface area contributed by atoms with Crippen LogP contribution in [0.4, 0.5) is 0 Å². The van der Waals surface area contributed by atoms with Crippen molar-refractivity contribution in [2.45, 2.75) is 0 Å². The molecule has 1 heterocycles. The van der Waals surface area contributed by atoms with Crippen LogP contribution in [0, 0.1) is 0 Å². The van der Waals surface area contributed by atoms with Crippen LogP contribution >= 0.6 is 0 Å². The van der Waals surface area contributed by atoms with E-state index in [9.17, 15) is 4.79 Å². The van der Waals surface area contributed by atoms with Gasteiger partial charge in [0.1, 0.15) is 0 Å². The minimum Gasteiger partial charge on any atom is -0.361 e. The van der Waals surface area contributed by atoms with Crippen LogP contribution in [0.15, 0.2) is 36.5 Å². The van der Waals surface area contributed by atoms with Gasteiger partial charge in [0, 0.05) is 17.8 Å². The molecule has 1 amide bonds. The Labute approximate surface area is 86.2 Å². The molecule has 0 unspecified atom stereocenters. The van der Waals surface area contributed by atoms with Crippen molar-refractivity contribution < 1.29 is 10.0 Å². The molecule has 15 heavy (non-hydrogen) atoms. The van der Waals surface area contributed by atoms with Crippen LogP contribution in [0.2, 0.25) is 0 Å². The van der Waals surface area contributed by atoms with Crippen LogP contribution in [-0.4, -0.2) is 16.1 Å². The highest BCUT2D eigenvalue weighted by Gasteiger charge is 1.95. The number of nitrogens with one attached hydrogen (secondary N) is 2. The van der Waals surface area contributed by atoms with E-state index in [2.05, 4.69) is 4.98 Å². The van der Waals surface area contributed by atoms with E-state index < -0.39 is 5.91 Å². The molecular weight excluding hydrogens is 192 g/mol. The molecule has 0 radical (unpaired) electrons. The monoisotopic (exact) mass is 202 g/mol. The summed E-state index contributed by atoms with van der Waals surface area (Å²) in [5.41, 5.74) is 3.50. The third-order valence-electron chi connectivity index (χ3n) is 2.11. The van der Waals surface area contributed by atoms with E-state index in [0.717, 1.165) is 16.5 Å². The van der Waals surface area contributed by atoms with Gasteiger partial charge < -0.3 is 4.98 Å². The van der Waals surface area contributed by atoms with Gasteiger partial charge in [-0.1, -0.05) is 6.07 Å². The summed E-state index contributed by atoms with van der Waals surface area (Å²) in [4.78, 5) is 13.8. The minimum atomic E-state index is -0.538. The third kappa shape index (κ3) is 2.05. The number of benzene rings is 1. The molecule has 0 aliphatic heterocycles. The van der Waals surface area contributed by atoms with Crippen LogP contribution in [0.25, 0.3) is 17.0 Å². The number of carbonyl (C=O) groups is 1. The van der Waals surface area contributed by atoms with Crippen molar-refractivity contribution in [1.29, 1.82) is 0 Å². The number of hydrogen-bond donors (Lipinski definition) is 3. The first-order chi connectivity index (χ1) is 7.29. The molecule has 4 heteroatoms. The number of hydrogen-bond acceptors (Lipinski definition) is 2. The fourth-order valence-electron chi connectivity index (χ4n) is 1.38. The Morgan fingerprint density at radius 3 is 3.07 bits per heavy atom. The molecule has 0 spiro atoms. The van der Waals surface area contributed by atoms with E-state index in [1.54, 1.807) is 6.08 Å². The van der Waals surface area contributed by atoms with Gasteiger partial charge >= 0.3 is 0 Å². The van der Waals surface area contributed by atoms with Gasteiger partial charge in [-0.15, -0.1) is 0 Å². The SMILES string of the molecule is O=C(/C=C/c1ccc2[nH]ccc2c1)NO. The maximum Gasteiger partial charge on any atom is 0.267 e. The van der Waals surface area contributed by atoms with Crippen molar-refractivity contribution in [3.8, 4) is 0 Å². The van der Waals surface area contributed by atoms with Crippen molar-refractivity contribution in [2.24, 2.45) is 0 Å². The Kier molecular flexibility index (Phi) is 2.51. The molecule has 3 N–H and O–H groups in total. The van der Waals surface area contributed by atoms with Gasteiger partial charge in [0.15, 0.2) is 0 Å². The summed E-state index contributed by atoms with van der Waals surface area (Å²) in [6, 6.07) is 7.73. The number of hydroxylamine groups is 1. The zero-order valence-electron chi connectivity index (χ0n) is 7.90. The number of amides is 1. The Hall–Kier alpha value is -2.07. The molecule has 0 aliphatic carbocycles. The van der Waals surface area contributed by atoms with Crippen molar-refractivity contribution in [2.75, 3.05) is 0 Å². The highest BCUT2D eigenvalue weighted by atomic mass is 16.5. The second-order valence-corrected chi connectivity index (χ2v) is 3.13. The average Bonchev–Trinajstić information content (AvgIpc) is 2.72. The van der Waals surface area contributed by atoms with Crippen LogP contribution in [0.3, 0.4) is 0 Å². The first kappa shape index (κ1) is 9.48. The molecule has 0 saturated carbocycles. The Morgan fingerprint density at radius 1 is 1.40 bits per heavy atom. The minimum absolute atomic E-state index is 0.538. The van der Waals surface area contributed by atoms with Gasteiger partial charge in [-0.2, -0.15) is 0 Å². The molecule has 4 nitrogen and oxygen atoms in total. The Balaban J connectivity index is 2.28. The highest BCUT2D eigenvalue weighted by molar-refractivity contribution is 5.91. The number of carbonyl (C=O) groups excluding carboxylic acids is 1. The molecule has 76 valence electrons. The van der Waals surface area contributed by atoms with E-state index in [-0.39, 0.29) is 0 Å². The predicted octanol–water partition coefficient (Wildman–Crippen LogP) is 1.69. The fourth-order valence-corrected chi connectivity index (χ4v) is 1.38. The van der Waals surface area contributed by atoms with E-state index in [0.29, 0.717) is 0 Å². The summed E-state index contributed by atoms with van der Waals surface area (Å²) in [6.45, 7) is 0. The summed E-state index contributed by atoms with van der Waals surface area (Å²) < 4.78 is 0. The number of rotatable bonds is 2. The molecule has 2 aromatic rings. The van der Waals surface area contributed by atoms with E-state index in [1.165, 1.54) is 11.6 Å². The summed E-state index contributed by atoms with van der Waals surface area (Å²) >= 11 is 0. The lowest BCUT2D eigenvalue weighted by atomic mass is 10.1. The molecule has 0 saturated heterocycles. The van der Waals surface area contributed by atoms with E-state index in [1.807, 2.05) is 30.5 Å². The molecule has 0 bridgehead atoms. The molecule has 1 aromatic carbocycles. The molecule has 0 aliphatic rings. The smallest absolute Gasteiger partial charge is 0.267 e. The summed E-state index contributed by atoms with van der Waals surface area (Å²) in [7, 11) is 0. The Morgan fingerprint density at radius 2 is 2.27 bits per heavy atom. The highest BCUT2D eigenvalue weighted by Crippen LogP contribution is 2.14. The summed E-state index contributed by atoms with van der Waals surface area (Å²) in [5.74, 6) is -0.538. The maximum absolute atomic E-state index is 10.7. The van der Waals surface area contributed by atoms with Crippen LogP contribution in [-0.2, 0) is 4.79 Å². The lowest BCUT2D eigenvalue weighted by molar-refractivity contribution is -0.124. The van der Waals surface area contributed by atoms with Gasteiger partial charge in [0.25, 0.3) is 5.91 Å². The van der Waals surface area contributed by atoms with Crippen molar-refractivity contribution in [3.63, 3.8) is 0 Å².